The molecule has 1 N–H and O–H groups in total. The second-order valence-corrected chi connectivity index (χ2v) is 4.09. The summed E-state index contributed by atoms with van der Waals surface area (Å²) in [6.45, 7) is 6.82. The van der Waals surface area contributed by atoms with Crippen molar-refractivity contribution in [1.29, 1.82) is 0 Å². The van der Waals surface area contributed by atoms with E-state index in [9.17, 15) is 0 Å². The third-order valence-corrected chi connectivity index (χ3v) is 2.66. The number of pyridine rings is 1. The molecule has 5 nitrogen and oxygen atoms in total. The fraction of sp³-hybridized carbons (Fsp3) is 0.357. The van der Waals surface area contributed by atoms with Gasteiger partial charge in [0.25, 0.3) is 0 Å². The number of aromatic nitrogens is 3. The van der Waals surface area contributed by atoms with E-state index < -0.39 is 0 Å². The van der Waals surface area contributed by atoms with Crippen LogP contribution >= 0.6 is 0 Å². The highest BCUT2D eigenvalue weighted by Gasteiger charge is 2.11. The van der Waals surface area contributed by atoms with Crippen LogP contribution < -0.4 is 10.1 Å². The first-order valence-electron chi connectivity index (χ1n) is 6.43. The number of rotatable bonds is 5. The van der Waals surface area contributed by atoms with Crippen LogP contribution in [0.25, 0.3) is 0 Å². The minimum atomic E-state index is 0.579. The molecule has 2 rings (SSSR count). The third-order valence-electron chi connectivity index (χ3n) is 2.66. The zero-order valence-electron chi connectivity index (χ0n) is 11.5. The fourth-order valence-electron chi connectivity index (χ4n) is 1.66. The lowest BCUT2D eigenvalue weighted by molar-refractivity contribution is 0.453. The van der Waals surface area contributed by atoms with Gasteiger partial charge in [0.15, 0.2) is 0 Å². The topological polar surface area (TPSA) is 59.9 Å². The molecule has 2 heterocycles. The number of nitrogens with zero attached hydrogens (tertiary/aromatic N) is 3. The Morgan fingerprint density at radius 3 is 2.74 bits per heavy atom. The van der Waals surface area contributed by atoms with Crippen molar-refractivity contribution in [2.45, 2.75) is 27.2 Å². The first-order chi connectivity index (χ1) is 9.24. The number of ether oxygens (including phenoxy) is 1. The van der Waals surface area contributed by atoms with Gasteiger partial charge in [-0.15, -0.1) is 0 Å². The van der Waals surface area contributed by atoms with Gasteiger partial charge in [-0.05, 0) is 26.0 Å². The molecule has 0 saturated heterocycles. The van der Waals surface area contributed by atoms with Crippen LogP contribution in [0, 0.1) is 6.92 Å². The predicted octanol–water partition coefficient (Wildman–Crippen LogP) is 2.97. The Morgan fingerprint density at radius 2 is 2.11 bits per heavy atom. The van der Waals surface area contributed by atoms with Gasteiger partial charge in [0.2, 0.25) is 5.88 Å². The monoisotopic (exact) mass is 258 g/mol. The molecule has 0 spiro atoms. The third kappa shape index (κ3) is 3.19. The lowest BCUT2D eigenvalue weighted by Gasteiger charge is -2.13. The van der Waals surface area contributed by atoms with Crippen molar-refractivity contribution >= 4 is 5.82 Å². The van der Waals surface area contributed by atoms with E-state index in [1.165, 1.54) is 0 Å². The average Bonchev–Trinajstić information content (AvgIpc) is 2.44. The van der Waals surface area contributed by atoms with Gasteiger partial charge in [-0.2, -0.15) is 4.98 Å². The molecule has 0 amide bonds. The summed E-state index contributed by atoms with van der Waals surface area (Å²) in [7, 11) is 0. The summed E-state index contributed by atoms with van der Waals surface area (Å²) in [6, 6.07) is 3.69. The summed E-state index contributed by atoms with van der Waals surface area (Å²) >= 11 is 0. The number of anilines is 1. The van der Waals surface area contributed by atoms with E-state index in [1.54, 1.807) is 12.4 Å². The Kier molecular flexibility index (Phi) is 4.28. The van der Waals surface area contributed by atoms with E-state index in [4.69, 9.17) is 4.74 Å². The molecular weight excluding hydrogens is 240 g/mol. The SMILES string of the molecule is CCNc1nc(CC)nc(Oc2cccnc2)c1C. The standard InChI is InChI=1S/C14H18N4O/c1-4-12-17-13(16-5-2)10(3)14(18-12)19-11-7-6-8-15-9-11/h6-9H,4-5H2,1-3H3,(H,16,17,18). The molecule has 0 unspecified atom stereocenters. The fourth-order valence-corrected chi connectivity index (χ4v) is 1.66. The minimum Gasteiger partial charge on any atom is -0.437 e. The van der Waals surface area contributed by atoms with Crippen LogP contribution in [0.4, 0.5) is 5.82 Å². The quantitative estimate of drug-likeness (QED) is 0.893. The maximum absolute atomic E-state index is 5.79. The summed E-state index contributed by atoms with van der Waals surface area (Å²) in [5.41, 5.74) is 0.905. The maximum Gasteiger partial charge on any atom is 0.227 e. The van der Waals surface area contributed by atoms with E-state index in [2.05, 4.69) is 20.3 Å². The zero-order chi connectivity index (χ0) is 13.7. The molecule has 100 valence electrons. The molecule has 2 aromatic rings. The predicted molar refractivity (Wildman–Crippen MR) is 74.6 cm³/mol. The van der Waals surface area contributed by atoms with Gasteiger partial charge in [0, 0.05) is 19.2 Å². The molecule has 0 fully saturated rings. The van der Waals surface area contributed by atoms with Gasteiger partial charge in [0.05, 0.1) is 11.8 Å². The maximum atomic E-state index is 5.79. The smallest absolute Gasteiger partial charge is 0.227 e. The first kappa shape index (κ1) is 13.3. The van der Waals surface area contributed by atoms with Gasteiger partial charge in [0.1, 0.15) is 17.4 Å². The Morgan fingerprint density at radius 1 is 1.26 bits per heavy atom. The summed E-state index contributed by atoms with van der Waals surface area (Å²) in [5.74, 6) is 2.85. The van der Waals surface area contributed by atoms with Crippen LogP contribution in [-0.4, -0.2) is 21.5 Å². The largest absolute Gasteiger partial charge is 0.437 e. The molecule has 0 bridgehead atoms. The number of hydrogen-bond donors (Lipinski definition) is 1. The molecule has 0 saturated carbocycles. The minimum absolute atomic E-state index is 0.579. The zero-order valence-corrected chi connectivity index (χ0v) is 11.5. The van der Waals surface area contributed by atoms with Crippen LogP contribution in [0.2, 0.25) is 0 Å². The van der Waals surface area contributed by atoms with E-state index in [-0.39, 0.29) is 0 Å². The summed E-state index contributed by atoms with van der Waals surface area (Å²) in [4.78, 5) is 12.9. The van der Waals surface area contributed by atoms with Crippen LogP contribution in [0.5, 0.6) is 11.6 Å². The molecule has 0 aliphatic heterocycles. The number of aryl methyl sites for hydroxylation is 1. The average molecular weight is 258 g/mol. The van der Waals surface area contributed by atoms with Crippen LogP contribution in [0.3, 0.4) is 0 Å². The Bertz CT molecular complexity index is 543. The molecule has 0 aliphatic carbocycles. The van der Waals surface area contributed by atoms with Gasteiger partial charge < -0.3 is 10.1 Å². The summed E-state index contributed by atoms with van der Waals surface area (Å²) < 4.78 is 5.79. The molecule has 5 heteroatoms. The van der Waals surface area contributed by atoms with Crippen LogP contribution in [0.15, 0.2) is 24.5 Å². The van der Waals surface area contributed by atoms with Gasteiger partial charge >= 0.3 is 0 Å². The van der Waals surface area contributed by atoms with E-state index in [0.717, 1.165) is 30.2 Å². The van der Waals surface area contributed by atoms with E-state index >= 15 is 0 Å². The van der Waals surface area contributed by atoms with Crippen molar-refractivity contribution in [3.8, 4) is 11.6 Å². The van der Waals surface area contributed by atoms with Gasteiger partial charge in [-0.3, -0.25) is 4.98 Å². The van der Waals surface area contributed by atoms with E-state index in [0.29, 0.717) is 11.6 Å². The highest BCUT2D eigenvalue weighted by atomic mass is 16.5. The Balaban J connectivity index is 2.35. The molecular formula is C14H18N4O. The highest BCUT2D eigenvalue weighted by molar-refractivity contribution is 5.49. The van der Waals surface area contributed by atoms with Gasteiger partial charge in [-0.1, -0.05) is 6.92 Å². The van der Waals surface area contributed by atoms with Crippen molar-refractivity contribution < 1.29 is 4.74 Å². The molecule has 0 aromatic carbocycles. The first-order valence-corrected chi connectivity index (χ1v) is 6.43. The Hall–Kier alpha value is -2.17. The molecule has 19 heavy (non-hydrogen) atoms. The Labute approximate surface area is 113 Å². The van der Waals surface area contributed by atoms with Crippen molar-refractivity contribution in [3.63, 3.8) is 0 Å². The summed E-state index contributed by atoms with van der Waals surface area (Å²) in [6.07, 6.45) is 4.14. The van der Waals surface area contributed by atoms with Crippen molar-refractivity contribution in [2.75, 3.05) is 11.9 Å². The number of nitrogens with one attached hydrogen (secondary N) is 1. The molecule has 0 atom stereocenters. The molecule has 0 radical (unpaired) electrons. The van der Waals surface area contributed by atoms with Crippen molar-refractivity contribution in [1.82, 2.24) is 15.0 Å². The van der Waals surface area contributed by atoms with Crippen molar-refractivity contribution in [3.05, 3.63) is 35.9 Å². The summed E-state index contributed by atoms with van der Waals surface area (Å²) in [5, 5.41) is 3.23. The second kappa shape index (κ2) is 6.13. The normalized spacial score (nSPS) is 10.3. The van der Waals surface area contributed by atoms with Crippen LogP contribution in [0.1, 0.15) is 25.2 Å². The lowest BCUT2D eigenvalue weighted by atomic mass is 10.3. The highest BCUT2D eigenvalue weighted by Crippen LogP contribution is 2.26. The van der Waals surface area contributed by atoms with Gasteiger partial charge in [-0.25, -0.2) is 4.98 Å². The van der Waals surface area contributed by atoms with Crippen molar-refractivity contribution in [2.24, 2.45) is 0 Å². The number of hydrogen-bond acceptors (Lipinski definition) is 5. The molecule has 2 aromatic heterocycles. The molecule has 0 aliphatic rings. The lowest BCUT2D eigenvalue weighted by Crippen LogP contribution is -2.07. The second-order valence-electron chi connectivity index (χ2n) is 4.09. The van der Waals surface area contributed by atoms with Crippen LogP contribution in [-0.2, 0) is 6.42 Å². The van der Waals surface area contributed by atoms with E-state index in [1.807, 2.05) is 32.9 Å².